The second kappa shape index (κ2) is 7.94. The summed E-state index contributed by atoms with van der Waals surface area (Å²) in [6, 6.07) is 1.23. The van der Waals surface area contributed by atoms with E-state index >= 15 is 0 Å². The van der Waals surface area contributed by atoms with Gasteiger partial charge in [0, 0.05) is 42.2 Å². The highest BCUT2D eigenvalue weighted by Crippen LogP contribution is 2.20. The van der Waals surface area contributed by atoms with E-state index in [4.69, 9.17) is 5.73 Å². The van der Waals surface area contributed by atoms with Crippen LogP contribution in [0.3, 0.4) is 0 Å². The van der Waals surface area contributed by atoms with Crippen molar-refractivity contribution in [1.82, 2.24) is 19.7 Å². The van der Waals surface area contributed by atoms with Crippen LogP contribution in [0.25, 0.3) is 0 Å². The van der Waals surface area contributed by atoms with Crippen LogP contribution in [0.15, 0.2) is 30.7 Å². The van der Waals surface area contributed by atoms with Crippen LogP contribution in [0.4, 0.5) is 30.6 Å². The Bertz CT molecular complexity index is 999. The van der Waals surface area contributed by atoms with Crippen molar-refractivity contribution >= 4 is 23.4 Å². The highest BCUT2D eigenvalue weighted by molar-refractivity contribution is 5.73. The highest BCUT2D eigenvalue weighted by Gasteiger charge is 2.13. The average molecular weight is 391 g/mol. The molecule has 11 heteroatoms. The van der Waals surface area contributed by atoms with E-state index in [2.05, 4.69) is 25.7 Å². The lowest BCUT2D eigenvalue weighted by Gasteiger charge is -2.11. The highest BCUT2D eigenvalue weighted by atomic mass is 19.1. The van der Waals surface area contributed by atoms with Crippen LogP contribution in [0.5, 0.6) is 0 Å². The number of benzene rings is 1. The first-order chi connectivity index (χ1) is 13.3. The monoisotopic (exact) mass is 391 g/mol. The van der Waals surface area contributed by atoms with E-state index in [1.54, 1.807) is 13.1 Å². The molecule has 0 saturated carbocycles. The Morgan fingerprint density at radius 3 is 2.61 bits per heavy atom. The summed E-state index contributed by atoms with van der Waals surface area (Å²) in [5.41, 5.74) is 5.96. The molecule has 3 aromatic rings. The third-order valence-corrected chi connectivity index (χ3v) is 3.72. The number of aromatic nitrogens is 4. The summed E-state index contributed by atoms with van der Waals surface area (Å²) in [4.78, 5) is 19.3. The lowest BCUT2D eigenvalue weighted by molar-refractivity contribution is -0.118. The molecule has 0 unspecified atom stereocenters. The molecule has 3 rings (SSSR count). The summed E-state index contributed by atoms with van der Waals surface area (Å²) in [6.45, 7) is 1.41. The summed E-state index contributed by atoms with van der Waals surface area (Å²) < 4.78 is 41.9. The van der Waals surface area contributed by atoms with Gasteiger partial charge in [0.2, 0.25) is 11.9 Å². The number of hydrogen-bond acceptors (Lipinski definition) is 6. The number of nitrogens with one attached hydrogen (secondary N) is 2. The zero-order valence-corrected chi connectivity index (χ0v) is 14.7. The number of nitrogens with two attached hydrogens (primary N) is 1. The topological polar surface area (TPSA) is 111 Å². The van der Waals surface area contributed by atoms with E-state index in [-0.39, 0.29) is 24.6 Å². The Morgan fingerprint density at radius 2 is 1.93 bits per heavy atom. The number of anilines is 3. The lowest BCUT2D eigenvalue weighted by atomic mass is 10.2. The normalized spacial score (nSPS) is 10.7. The standard InChI is InChI=1S/C17H16F3N7O/c1-9-4-23-17(25-11-5-24-27(7-11)8-15(21)28)26-16(9)22-6-12-13(19)2-10(18)3-14(12)20/h2-5,7H,6,8H2,1H3,(H2,21,28)(H2,22,23,25,26). The zero-order valence-electron chi connectivity index (χ0n) is 14.7. The van der Waals surface area contributed by atoms with E-state index in [1.165, 1.54) is 17.1 Å². The van der Waals surface area contributed by atoms with E-state index < -0.39 is 23.4 Å². The number of nitrogens with zero attached hydrogens (tertiary/aromatic N) is 4. The molecule has 2 heterocycles. The van der Waals surface area contributed by atoms with Crippen LogP contribution in [-0.4, -0.2) is 25.7 Å². The predicted molar refractivity (Wildman–Crippen MR) is 95.1 cm³/mol. The van der Waals surface area contributed by atoms with Gasteiger partial charge in [0.1, 0.15) is 29.8 Å². The molecule has 0 aliphatic heterocycles. The van der Waals surface area contributed by atoms with E-state index in [1.807, 2.05) is 0 Å². The number of primary amides is 1. The predicted octanol–water partition coefficient (Wildman–Crippen LogP) is 2.24. The molecule has 2 aromatic heterocycles. The van der Waals surface area contributed by atoms with Crippen molar-refractivity contribution in [3.8, 4) is 0 Å². The van der Waals surface area contributed by atoms with Crippen molar-refractivity contribution in [2.24, 2.45) is 5.73 Å². The molecule has 0 spiro atoms. The van der Waals surface area contributed by atoms with Crippen molar-refractivity contribution in [2.45, 2.75) is 20.0 Å². The number of aryl methyl sites for hydroxylation is 1. The summed E-state index contributed by atoms with van der Waals surface area (Å²) in [7, 11) is 0. The molecule has 0 aliphatic rings. The number of carbonyl (C=O) groups excluding carboxylic acids is 1. The molecule has 0 saturated heterocycles. The summed E-state index contributed by atoms with van der Waals surface area (Å²) >= 11 is 0. The van der Waals surface area contributed by atoms with Crippen molar-refractivity contribution in [1.29, 1.82) is 0 Å². The second-order valence-electron chi connectivity index (χ2n) is 5.94. The molecular weight excluding hydrogens is 375 g/mol. The molecule has 0 atom stereocenters. The average Bonchev–Trinajstić information content (AvgIpc) is 3.02. The van der Waals surface area contributed by atoms with Crippen molar-refractivity contribution < 1.29 is 18.0 Å². The fraction of sp³-hybridized carbons (Fsp3) is 0.176. The fourth-order valence-corrected chi connectivity index (χ4v) is 2.40. The maximum Gasteiger partial charge on any atom is 0.239 e. The Labute approximate surface area is 157 Å². The first-order valence-corrected chi connectivity index (χ1v) is 8.10. The number of amides is 1. The van der Waals surface area contributed by atoms with Gasteiger partial charge in [0.25, 0.3) is 0 Å². The quantitative estimate of drug-likeness (QED) is 0.570. The van der Waals surface area contributed by atoms with Crippen LogP contribution < -0.4 is 16.4 Å². The molecule has 1 amide bonds. The SMILES string of the molecule is Cc1cnc(Nc2cnn(CC(N)=O)c2)nc1NCc1c(F)cc(F)cc1F. The van der Waals surface area contributed by atoms with Gasteiger partial charge in [-0.05, 0) is 6.92 Å². The van der Waals surface area contributed by atoms with Gasteiger partial charge in [-0.2, -0.15) is 10.1 Å². The van der Waals surface area contributed by atoms with E-state index in [9.17, 15) is 18.0 Å². The number of hydrogen-bond donors (Lipinski definition) is 3. The Balaban J connectivity index is 1.73. The van der Waals surface area contributed by atoms with Crippen molar-refractivity contribution in [2.75, 3.05) is 10.6 Å². The minimum absolute atomic E-state index is 0.0714. The Kier molecular flexibility index (Phi) is 5.43. The Hall–Kier alpha value is -3.63. The summed E-state index contributed by atoms with van der Waals surface area (Å²) in [6.07, 6.45) is 4.52. The van der Waals surface area contributed by atoms with Crippen LogP contribution in [0, 0.1) is 24.4 Å². The van der Waals surface area contributed by atoms with Crippen molar-refractivity contribution in [3.05, 3.63) is 59.3 Å². The number of carbonyl (C=O) groups is 1. The van der Waals surface area contributed by atoms with Crippen LogP contribution in [0.1, 0.15) is 11.1 Å². The third kappa shape index (κ3) is 4.55. The molecule has 0 fully saturated rings. The van der Waals surface area contributed by atoms with Gasteiger partial charge in [-0.25, -0.2) is 18.2 Å². The largest absolute Gasteiger partial charge is 0.368 e. The van der Waals surface area contributed by atoms with Gasteiger partial charge in [-0.15, -0.1) is 0 Å². The molecule has 1 aromatic carbocycles. The molecule has 146 valence electrons. The van der Waals surface area contributed by atoms with Crippen molar-refractivity contribution in [3.63, 3.8) is 0 Å². The van der Waals surface area contributed by atoms with Gasteiger partial charge in [0.05, 0.1) is 11.9 Å². The number of rotatable bonds is 7. The van der Waals surface area contributed by atoms with E-state index in [0.717, 1.165) is 0 Å². The van der Waals surface area contributed by atoms with Crippen LogP contribution >= 0.6 is 0 Å². The molecule has 0 aliphatic carbocycles. The molecule has 0 radical (unpaired) electrons. The van der Waals surface area contributed by atoms with Gasteiger partial charge in [-0.3, -0.25) is 9.48 Å². The molecule has 0 bridgehead atoms. The lowest BCUT2D eigenvalue weighted by Crippen LogP contribution is -2.18. The smallest absolute Gasteiger partial charge is 0.239 e. The minimum atomic E-state index is -0.989. The maximum atomic E-state index is 13.8. The molecule has 28 heavy (non-hydrogen) atoms. The summed E-state index contributed by atoms with van der Waals surface area (Å²) in [5, 5.41) is 9.67. The van der Waals surface area contributed by atoms with Gasteiger partial charge in [0.15, 0.2) is 0 Å². The second-order valence-corrected chi connectivity index (χ2v) is 5.94. The van der Waals surface area contributed by atoms with Crippen LogP contribution in [0.2, 0.25) is 0 Å². The van der Waals surface area contributed by atoms with Gasteiger partial charge >= 0.3 is 0 Å². The first kappa shape index (κ1) is 19.1. The number of halogens is 3. The first-order valence-electron chi connectivity index (χ1n) is 8.10. The van der Waals surface area contributed by atoms with E-state index in [0.29, 0.717) is 29.2 Å². The van der Waals surface area contributed by atoms with Gasteiger partial charge in [-0.1, -0.05) is 0 Å². The molecular formula is C17H16F3N7O. The molecule has 4 N–H and O–H groups in total. The Morgan fingerprint density at radius 1 is 1.21 bits per heavy atom. The minimum Gasteiger partial charge on any atom is -0.368 e. The van der Waals surface area contributed by atoms with Crippen LogP contribution in [-0.2, 0) is 17.9 Å². The van der Waals surface area contributed by atoms with Gasteiger partial charge < -0.3 is 16.4 Å². The summed E-state index contributed by atoms with van der Waals surface area (Å²) in [5.74, 6) is -2.96. The zero-order chi connectivity index (χ0) is 20.3. The third-order valence-electron chi connectivity index (χ3n) is 3.72. The maximum absolute atomic E-state index is 13.8. The molecule has 8 nitrogen and oxygen atoms in total. The fourth-order valence-electron chi connectivity index (χ4n) is 2.40.